The number of allylic oxidation sites excluding steroid dienone is 3. The topological polar surface area (TPSA) is 114 Å². The highest BCUT2D eigenvalue weighted by Gasteiger charge is 2.14. The zero-order valence-electron chi connectivity index (χ0n) is 29.3. The molecule has 3 rings (SSSR count). The maximum Gasteiger partial charge on any atom is 0.311 e. The van der Waals surface area contributed by atoms with E-state index in [9.17, 15) is 19.7 Å². The van der Waals surface area contributed by atoms with Crippen molar-refractivity contribution < 1.29 is 33.7 Å². The van der Waals surface area contributed by atoms with E-state index in [1.54, 1.807) is 13.2 Å². The summed E-state index contributed by atoms with van der Waals surface area (Å²) in [5, 5.41) is 8.74. The number of rotatable bonds is 21. The second-order valence-corrected chi connectivity index (χ2v) is 11.6. The molecule has 0 amide bonds. The number of carbonyl (C=O) groups is 2. The highest BCUT2D eigenvalue weighted by molar-refractivity contribution is 5.73. The van der Waals surface area contributed by atoms with Crippen molar-refractivity contribution in [2.24, 2.45) is 5.92 Å². The Morgan fingerprint density at radius 3 is 2.35 bits per heavy atom. The summed E-state index contributed by atoms with van der Waals surface area (Å²) in [7, 11) is 1.57. The molecule has 0 saturated heterocycles. The minimum atomic E-state index is -0.847. The van der Waals surface area contributed by atoms with Crippen LogP contribution in [0.2, 0.25) is 0 Å². The van der Waals surface area contributed by atoms with Gasteiger partial charge in [0.25, 0.3) is 11.6 Å². The quantitative estimate of drug-likeness (QED) is 0.0246. The molecular weight excluding hydrogens is 610 g/mol. The van der Waals surface area contributed by atoms with Gasteiger partial charge < -0.3 is 19.0 Å². The number of hydrogen-bond acceptors (Lipinski definition) is 8. The van der Waals surface area contributed by atoms with Gasteiger partial charge in [-0.1, -0.05) is 113 Å². The molecule has 2 aromatic rings. The third-order valence-electron chi connectivity index (χ3n) is 7.74. The van der Waals surface area contributed by atoms with Crippen LogP contribution in [-0.2, 0) is 25.6 Å². The standard InChI is InChI=1S/C18H24O3.C16H24.C5H9NO5/c1-4-6-7-8-9-11-18(19)21-16-13-12-15(10-5-2)14-17(16)20-3;1-3-9-15(10-4-1)11-5-2-6-12-16-13-7-8-14-16;7-5-10-3-1-2-4-11-6(8)9/h5-7,10,12-14H,4,8-9,11H2,1-3H3;1,3-4,9-10,16H,2,5-8,11-14H2;5H,1-4H2/b7-6-,10-5+;;. The number of methoxy groups -OCH3 is 1. The van der Waals surface area contributed by atoms with Crippen LogP contribution in [0, 0.1) is 16.0 Å². The van der Waals surface area contributed by atoms with Crippen molar-refractivity contribution in [3.8, 4) is 11.5 Å². The molecule has 0 heterocycles. The Morgan fingerprint density at radius 1 is 0.938 bits per heavy atom. The molecule has 266 valence electrons. The predicted molar refractivity (Wildman–Crippen MR) is 191 cm³/mol. The number of carbonyl (C=O) groups excluding carboxylic acids is 2. The van der Waals surface area contributed by atoms with E-state index in [0.29, 0.717) is 37.2 Å². The average Bonchev–Trinajstić information content (AvgIpc) is 3.61. The number of unbranched alkanes of at least 4 members (excludes halogenated alkanes) is 4. The van der Waals surface area contributed by atoms with Gasteiger partial charge in [-0.15, -0.1) is 10.1 Å². The summed E-state index contributed by atoms with van der Waals surface area (Å²) >= 11 is 0. The van der Waals surface area contributed by atoms with Crippen LogP contribution in [0.3, 0.4) is 0 Å². The van der Waals surface area contributed by atoms with Crippen molar-refractivity contribution >= 4 is 18.5 Å². The van der Waals surface area contributed by atoms with Crippen LogP contribution in [0.1, 0.15) is 115 Å². The maximum absolute atomic E-state index is 11.8. The summed E-state index contributed by atoms with van der Waals surface area (Å²) in [6.45, 7) is 4.72. The molecule has 0 aliphatic heterocycles. The molecule has 0 N–H and O–H groups in total. The van der Waals surface area contributed by atoms with Crippen molar-refractivity contribution in [3.63, 3.8) is 0 Å². The number of ether oxygens (including phenoxy) is 3. The third kappa shape index (κ3) is 22.4. The first-order valence-corrected chi connectivity index (χ1v) is 17.5. The lowest BCUT2D eigenvalue weighted by Crippen LogP contribution is -2.08. The fraction of sp³-hybridized carbons (Fsp3) is 0.538. The lowest BCUT2D eigenvalue weighted by molar-refractivity contribution is -0.757. The molecule has 9 heteroatoms. The van der Waals surface area contributed by atoms with Gasteiger partial charge in [0.15, 0.2) is 11.5 Å². The summed E-state index contributed by atoms with van der Waals surface area (Å²) in [6.07, 6.45) is 25.4. The first kappa shape index (κ1) is 41.9. The summed E-state index contributed by atoms with van der Waals surface area (Å²) in [5.74, 6) is 1.90. The zero-order valence-corrected chi connectivity index (χ0v) is 29.3. The highest BCUT2D eigenvalue weighted by Crippen LogP contribution is 2.30. The molecule has 1 aliphatic rings. The second kappa shape index (κ2) is 29.0. The SMILES string of the molecule is C/C=C/c1ccc(OC(=O)CCC/C=C\CC)c(OC)c1.O=COCCCCO[N+](=O)[O-].c1ccc(CCCCCC2CCCC2)cc1. The molecule has 9 nitrogen and oxygen atoms in total. The minimum Gasteiger partial charge on any atom is -0.493 e. The van der Waals surface area contributed by atoms with Gasteiger partial charge in [-0.2, -0.15) is 0 Å². The first-order valence-electron chi connectivity index (χ1n) is 17.5. The van der Waals surface area contributed by atoms with Gasteiger partial charge in [0.1, 0.15) is 0 Å². The molecule has 1 saturated carbocycles. The Hall–Kier alpha value is -4.14. The molecule has 0 aromatic heterocycles. The van der Waals surface area contributed by atoms with Crippen molar-refractivity contribution in [2.45, 2.75) is 110 Å². The molecule has 48 heavy (non-hydrogen) atoms. The molecule has 0 radical (unpaired) electrons. The van der Waals surface area contributed by atoms with Crippen LogP contribution in [0.25, 0.3) is 6.08 Å². The number of nitrogens with zero attached hydrogens (tertiary/aromatic N) is 1. The van der Waals surface area contributed by atoms with E-state index in [2.05, 4.69) is 59.0 Å². The zero-order chi connectivity index (χ0) is 35.1. The lowest BCUT2D eigenvalue weighted by Gasteiger charge is -2.09. The Labute approximate surface area is 287 Å². The molecular formula is C39H57NO8. The van der Waals surface area contributed by atoms with E-state index in [1.807, 2.05) is 31.2 Å². The molecule has 0 bridgehead atoms. The van der Waals surface area contributed by atoms with E-state index >= 15 is 0 Å². The number of hydrogen-bond donors (Lipinski definition) is 0. The van der Waals surface area contributed by atoms with Crippen LogP contribution in [0.5, 0.6) is 11.5 Å². The van der Waals surface area contributed by atoms with Crippen LogP contribution in [0.15, 0.2) is 66.8 Å². The predicted octanol–water partition coefficient (Wildman–Crippen LogP) is 9.90. The van der Waals surface area contributed by atoms with Gasteiger partial charge in [-0.05, 0) is 81.0 Å². The molecule has 0 atom stereocenters. The van der Waals surface area contributed by atoms with Crippen LogP contribution < -0.4 is 9.47 Å². The van der Waals surface area contributed by atoms with Crippen LogP contribution in [-0.4, -0.2) is 37.9 Å². The summed E-state index contributed by atoms with van der Waals surface area (Å²) < 4.78 is 15.0. The molecule has 0 spiro atoms. The Morgan fingerprint density at radius 2 is 1.69 bits per heavy atom. The van der Waals surface area contributed by atoms with Crippen molar-refractivity contribution in [2.75, 3.05) is 20.3 Å². The Kier molecular flexibility index (Phi) is 25.3. The third-order valence-corrected chi connectivity index (χ3v) is 7.74. The van der Waals surface area contributed by atoms with E-state index in [1.165, 1.54) is 63.4 Å². The average molecular weight is 668 g/mol. The molecule has 1 aliphatic carbocycles. The van der Waals surface area contributed by atoms with E-state index in [-0.39, 0.29) is 19.2 Å². The van der Waals surface area contributed by atoms with Crippen LogP contribution in [0.4, 0.5) is 0 Å². The Balaban J connectivity index is 0.000000379. The van der Waals surface area contributed by atoms with Crippen molar-refractivity contribution in [1.82, 2.24) is 0 Å². The van der Waals surface area contributed by atoms with Crippen molar-refractivity contribution in [3.05, 3.63) is 88.0 Å². The number of benzene rings is 2. The largest absolute Gasteiger partial charge is 0.493 e. The fourth-order valence-corrected chi connectivity index (χ4v) is 5.24. The van der Waals surface area contributed by atoms with E-state index in [0.717, 1.165) is 30.7 Å². The monoisotopic (exact) mass is 667 g/mol. The highest BCUT2D eigenvalue weighted by atomic mass is 16.9. The molecule has 0 unspecified atom stereocenters. The smallest absolute Gasteiger partial charge is 0.311 e. The second-order valence-electron chi connectivity index (χ2n) is 11.6. The summed E-state index contributed by atoms with van der Waals surface area (Å²) in [4.78, 5) is 35.0. The first-order chi connectivity index (χ1) is 23.4. The van der Waals surface area contributed by atoms with E-state index < -0.39 is 5.09 Å². The minimum absolute atomic E-state index is 0.0508. The molecule has 1 fully saturated rings. The number of esters is 1. The Bertz CT molecular complexity index is 1180. The maximum atomic E-state index is 11.8. The lowest BCUT2D eigenvalue weighted by atomic mass is 9.98. The van der Waals surface area contributed by atoms with Gasteiger partial charge in [0.2, 0.25) is 0 Å². The van der Waals surface area contributed by atoms with Gasteiger partial charge in [-0.3, -0.25) is 9.59 Å². The summed E-state index contributed by atoms with van der Waals surface area (Å²) in [6, 6.07) is 16.4. The normalized spacial score (nSPS) is 12.5. The fourth-order valence-electron chi connectivity index (χ4n) is 5.24. The van der Waals surface area contributed by atoms with Gasteiger partial charge in [0.05, 0.1) is 20.3 Å². The van der Waals surface area contributed by atoms with Crippen LogP contribution >= 0.6 is 0 Å². The van der Waals surface area contributed by atoms with Gasteiger partial charge >= 0.3 is 5.97 Å². The molecule has 2 aromatic carbocycles. The number of aryl methyl sites for hydroxylation is 1. The van der Waals surface area contributed by atoms with Gasteiger partial charge in [-0.25, -0.2) is 0 Å². The van der Waals surface area contributed by atoms with E-state index in [4.69, 9.17) is 9.47 Å². The summed E-state index contributed by atoms with van der Waals surface area (Å²) in [5.41, 5.74) is 2.52. The van der Waals surface area contributed by atoms with Gasteiger partial charge in [0, 0.05) is 6.42 Å². The van der Waals surface area contributed by atoms with Crippen molar-refractivity contribution in [1.29, 1.82) is 0 Å².